The molecule has 29 heavy (non-hydrogen) atoms. The Hall–Kier alpha value is -2.18. The number of nitrogens with one attached hydrogen (secondary N) is 1. The first-order valence-electron chi connectivity index (χ1n) is 10.4. The highest BCUT2D eigenvalue weighted by Gasteiger charge is 2.26. The molecule has 0 spiro atoms. The van der Waals surface area contributed by atoms with E-state index < -0.39 is 10.0 Å². The van der Waals surface area contributed by atoms with Gasteiger partial charge in [0.15, 0.2) is 0 Å². The summed E-state index contributed by atoms with van der Waals surface area (Å²) >= 11 is 0. The third kappa shape index (κ3) is 5.25. The number of sulfonamides is 1. The standard InChI is InChI=1S/C23H30N2O3S/c1-3-22(19-13-11-18(2)12-14-19)24-23(26)20-9-8-10-21(17-20)29(27,28)25-15-6-4-5-7-16-25/h8-14,17,22H,3-7,15-16H2,1-2H3,(H,24,26). The molecule has 1 atom stereocenters. The average molecular weight is 415 g/mol. The number of carbonyl (C=O) groups is 1. The van der Waals surface area contributed by atoms with Crippen LogP contribution >= 0.6 is 0 Å². The minimum absolute atomic E-state index is 0.117. The van der Waals surface area contributed by atoms with Crippen molar-refractivity contribution in [3.05, 3.63) is 65.2 Å². The van der Waals surface area contributed by atoms with E-state index in [9.17, 15) is 13.2 Å². The molecule has 1 aliphatic heterocycles. The summed E-state index contributed by atoms with van der Waals surface area (Å²) < 4.78 is 27.6. The molecular weight excluding hydrogens is 384 g/mol. The third-order valence-corrected chi connectivity index (χ3v) is 7.39. The normalized spacial score (nSPS) is 16.8. The van der Waals surface area contributed by atoms with E-state index in [1.165, 1.54) is 11.6 Å². The lowest BCUT2D eigenvalue weighted by Gasteiger charge is -2.21. The number of nitrogens with zero attached hydrogens (tertiary/aromatic N) is 1. The quantitative estimate of drug-likeness (QED) is 0.760. The second kappa shape index (κ2) is 9.55. The van der Waals surface area contributed by atoms with Crippen LogP contribution in [0.4, 0.5) is 0 Å². The Morgan fingerprint density at radius 2 is 1.69 bits per heavy atom. The summed E-state index contributed by atoms with van der Waals surface area (Å²) in [5.41, 5.74) is 2.58. The highest BCUT2D eigenvalue weighted by molar-refractivity contribution is 7.89. The zero-order valence-corrected chi connectivity index (χ0v) is 18.0. The number of amides is 1. The van der Waals surface area contributed by atoms with Crippen LogP contribution in [-0.4, -0.2) is 31.7 Å². The van der Waals surface area contributed by atoms with Crippen LogP contribution in [0.5, 0.6) is 0 Å². The maximum absolute atomic E-state index is 13.0. The molecule has 1 unspecified atom stereocenters. The SMILES string of the molecule is CCC(NC(=O)c1cccc(S(=O)(=O)N2CCCCCC2)c1)c1ccc(C)cc1. The number of benzene rings is 2. The molecule has 1 fully saturated rings. The fourth-order valence-electron chi connectivity index (χ4n) is 3.69. The van der Waals surface area contributed by atoms with Gasteiger partial charge in [-0.25, -0.2) is 8.42 Å². The molecule has 1 amide bonds. The lowest BCUT2D eigenvalue weighted by Crippen LogP contribution is -2.32. The number of hydrogen-bond acceptors (Lipinski definition) is 3. The van der Waals surface area contributed by atoms with E-state index in [1.54, 1.807) is 22.5 Å². The van der Waals surface area contributed by atoms with Crippen molar-refractivity contribution < 1.29 is 13.2 Å². The van der Waals surface area contributed by atoms with Crippen molar-refractivity contribution in [3.8, 4) is 0 Å². The van der Waals surface area contributed by atoms with E-state index in [0.717, 1.165) is 37.7 Å². The largest absolute Gasteiger partial charge is 0.345 e. The van der Waals surface area contributed by atoms with Gasteiger partial charge in [0.2, 0.25) is 10.0 Å². The van der Waals surface area contributed by atoms with Crippen molar-refractivity contribution in [2.24, 2.45) is 0 Å². The molecule has 0 radical (unpaired) electrons. The molecule has 0 aliphatic carbocycles. The zero-order chi connectivity index (χ0) is 20.9. The van der Waals surface area contributed by atoms with Crippen molar-refractivity contribution in [1.82, 2.24) is 9.62 Å². The van der Waals surface area contributed by atoms with E-state index in [-0.39, 0.29) is 16.8 Å². The van der Waals surface area contributed by atoms with Gasteiger partial charge >= 0.3 is 0 Å². The predicted octanol–water partition coefficient (Wildman–Crippen LogP) is 4.44. The second-order valence-corrected chi connectivity index (χ2v) is 9.63. The third-order valence-electron chi connectivity index (χ3n) is 5.49. The molecule has 0 aromatic heterocycles. The maximum atomic E-state index is 13.0. The summed E-state index contributed by atoms with van der Waals surface area (Å²) in [5, 5.41) is 3.04. The van der Waals surface area contributed by atoms with Gasteiger partial charge in [-0.1, -0.05) is 55.7 Å². The lowest BCUT2D eigenvalue weighted by atomic mass is 10.0. The fraction of sp³-hybridized carbons (Fsp3) is 0.435. The second-order valence-electron chi connectivity index (χ2n) is 7.69. The van der Waals surface area contributed by atoms with Crippen molar-refractivity contribution in [2.45, 2.75) is 56.9 Å². The van der Waals surface area contributed by atoms with Crippen LogP contribution in [0.1, 0.15) is 66.6 Å². The highest BCUT2D eigenvalue weighted by atomic mass is 32.2. The Bertz CT molecular complexity index is 931. The Labute approximate surface area is 174 Å². The summed E-state index contributed by atoms with van der Waals surface area (Å²) in [6, 6.07) is 14.4. The highest BCUT2D eigenvalue weighted by Crippen LogP contribution is 2.22. The lowest BCUT2D eigenvalue weighted by molar-refractivity contribution is 0.0935. The van der Waals surface area contributed by atoms with Crippen LogP contribution in [-0.2, 0) is 10.0 Å². The topological polar surface area (TPSA) is 66.5 Å². The average Bonchev–Trinajstić information content (AvgIpc) is 3.03. The van der Waals surface area contributed by atoms with E-state index in [1.807, 2.05) is 38.1 Å². The first kappa shape index (κ1) is 21.5. The molecule has 1 saturated heterocycles. The minimum atomic E-state index is -3.58. The van der Waals surface area contributed by atoms with Crippen LogP contribution < -0.4 is 5.32 Å². The number of hydrogen-bond donors (Lipinski definition) is 1. The molecule has 2 aromatic carbocycles. The molecule has 1 heterocycles. The molecule has 1 aliphatic rings. The first-order valence-corrected chi connectivity index (χ1v) is 11.8. The summed E-state index contributed by atoms with van der Waals surface area (Å²) in [6.45, 7) is 5.14. The predicted molar refractivity (Wildman–Crippen MR) is 115 cm³/mol. The zero-order valence-electron chi connectivity index (χ0n) is 17.2. The van der Waals surface area contributed by atoms with Gasteiger partial charge in [0.25, 0.3) is 5.91 Å². The fourth-order valence-corrected chi connectivity index (χ4v) is 5.25. The van der Waals surface area contributed by atoms with Gasteiger partial charge in [-0.3, -0.25) is 4.79 Å². The Balaban J connectivity index is 1.79. The summed E-state index contributed by atoms with van der Waals surface area (Å²) in [7, 11) is -3.58. The number of aryl methyl sites for hydroxylation is 1. The number of rotatable bonds is 6. The van der Waals surface area contributed by atoms with Gasteiger partial charge in [0.1, 0.15) is 0 Å². The van der Waals surface area contributed by atoms with E-state index in [0.29, 0.717) is 18.7 Å². The number of carbonyl (C=O) groups excluding carboxylic acids is 1. The van der Waals surface area contributed by atoms with E-state index in [2.05, 4.69) is 5.32 Å². The maximum Gasteiger partial charge on any atom is 0.251 e. The van der Waals surface area contributed by atoms with Crippen LogP contribution in [0.15, 0.2) is 53.4 Å². The van der Waals surface area contributed by atoms with Crippen LogP contribution in [0.2, 0.25) is 0 Å². The molecule has 6 heteroatoms. The van der Waals surface area contributed by atoms with Crippen LogP contribution in [0, 0.1) is 6.92 Å². The van der Waals surface area contributed by atoms with Gasteiger partial charge in [0.05, 0.1) is 10.9 Å². The van der Waals surface area contributed by atoms with Gasteiger partial charge in [-0.15, -0.1) is 0 Å². The Morgan fingerprint density at radius 3 is 2.31 bits per heavy atom. The molecule has 3 rings (SSSR count). The van der Waals surface area contributed by atoms with Crippen LogP contribution in [0.3, 0.4) is 0 Å². The molecular formula is C23H30N2O3S. The molecule has 2 aromatic rings. The summed E-state index contributed by atoms with van der Waals surface area (Å²) in [4.78, 5) is 13.0. The van der Waals surface area contributed by atoms with Crippen molar-refractivity contribution in [2.75, 3.05) is 13.1 Å². The molecule has 1 N–H and O–H groups in total. The molecule has 0 bridgehead atoms. The molecule has 0 saturated carbocycles. The monoisotopic (exact) mass is 414 g/mol. The summed E-state index contributed by atoms with van der Waals surface area (Å²) in [5.74, 6) is -0.259. The van der Waals surface area contributed by atoms with Gasteiger partial charge < -0.3 is 5.32 Å². The van der Waals surface area contributed by atoms with E-state index in [4.69, 9.17) is 0 Å². The van der Waals surface area contributed by atoms with Gasteiger partial charge in [-0.2, -0.15) is 4.31 Å². The van der Waals surface area contributed by atoms with Crippen molar-refractivity contribution in [3.63, 3.8) is 0 Å². The van der Waals surface area contributed by atoms with E-state index >= 15 is 0 Å². The van der Waals surface area contributed by atoms with Crippen molar-refractivity contribution >= 4 is 15.9 Å². The van der Waals surface area contributed by atoms with Crippen molar-refractivity contribution in [1.29, 1.82) is 0 Å². The summed E-state index contributed by atoms with van der Waals surface area (Å²) in [6.07, 6.45) is 4.64. The minimum Gasteiger partial charge on any atom is -0.345 e. The molecule has 5 nitrogen and oxygen atoms in total. The molecule has 156 valence electrons. The Morgan fingerprint density at radius 1 is 1.03 bits per heavy atom. The van der Waals surface area contributed by atoms with Crippen LogP contribution in [0.25, 0.3) is 0 Å². The van der Waals surface area contributed by atoms with Gasteiger partial charge in [0, 0.05) is 18.7 Å². The first-order chi connectivity index (χ1) is 13.9. The van der Waals surface area contributed by atoms with Gasteiger partial charge in [-0.05, 0) is 49.9 Å². The Kier molecular flexibility index (Phi) is 7.09. The smallest absolute Gasteiger partial charge is 0.251 e.